The van der Waals surface area contributed by atoms with E-state index in [2.05, 4.69) is 5.32 Å². The van der Waals surface area contributed by atoms with Gasteiger partial charge in [0, 0.05) is 11.8 Å². The Labute approximate surface area is 75.7 Å². The summed E-state index contributed by atoms with van der Waals surface area (Å²) in [6.45, 7) is 0. The van der Waals surface area contributed by atoms with Gasteiger partial charge in [-0.3, -0.25) is 4.79 Å². The number of hydrogen-bond acceptors (Lipinski definition) is 3. The number of carbonyl (C=O) groups excluding carboxylic acids is 1. The molecule has 1 aliphatic rings. The standard InChI is InChI=1S/C9H10N2O2/c1-13-8-4-7-5(2-6(8)10)3-9(12)11-7/h2,4H,3,10H2,1H3,(H,11,12). The van der Waals surface area contributed by atoms with E-state index in [0.717, 1.165) is 11.3 Å². The van der Waals surface area contributed by atoms with E-state index >= 15 is 0 Å². The molecule has 0 atom stereocenters. The Kier molecular flexibility index (Phi) is 1.62. The number of nitrogens with one attached hydrogen (secondary N) is 1. The molecule has 0 spiro atoms. The minimum Gasteiger partial charge on any atom is -0.495 e. The fourth-order valence-electron chi connectivity index (χ4n) is 1.45. The molecule has 0 unspecified atom stereocenters. The molecule has 0 saturated heterocycles. The normalized spacial score (nSPS) is 13.8. The van der Waals surface area contributed by atoms with Crippen LogP contribution in [0.5, 0.6) is 5.75 Å². The van der Waals surface area contributed by atoms with E-state index in [0.29, 0.717) is 17.9 Å². The lowest BCUT2D eigenvalue weighted by atomic mass is 10.1. The number of benzene rings is 1. The van der Waals surface area contributed by atoms with Gasteiger partial charge in [-0.15, -0.1) is 0 Å². The summed E-state index contributed by atoms with van der Waals surface area (Å²) < 4.78 is 5.03. The fraction of sp³-hybridized carbons (Fsp3) is 0.222. The second-order valence-corrected chi connectivity index (χ2v) is 2.98. The average molecular weight is 178 g/mol. The Morgan fingerprint density at radius 3 is 3.00 bits per heavy atom. The number of methoxy groups -OCH3 is 1. The first kappa shape index (κ1) is 7.91. The van der Waals surface area contributed by atoms with Crippen molar-refractivity contribution in [1.82, 2.24) is 0 Å². The molecule has 13 heavy (non-hydrogen) atoms. The van der Waals surface area contributed by atoms with Crippen LogP contribution in [0.15, 0.2) is 12.1 Å². The van der Waals surface area contributed by atoms with Crippen LogP contribution in [0.25, 0.3) is 0 Å². The van der Waals surface area contributed by atoms with Crippen LogP contribution in [0, 0.1) is 0 Å². The first-order valence-electron chi connectivity index (χ1n) is 3.97. The third-order valence-electron chi connectivity index (χ3n) is 2.08. The fourth-order valence-corrected chi connectivity index (χ4v) is 1.45. The predicted molar refractivity (Wildman–Crippen MR) is 49.7 cm³/mol. The monoisotopic (exact) mass is 178 g/mol. The zero-order valence-corrected chi connectivity index (χ0v) is 7.26. The van der Waals surface area contributed by atoms with Crippen LogP contribution in [0.1, 0.15) is 5.56 Å². The van der Waals surface area contributed by atoms with E-state index in [9.17, 15) is 4.79 Å². The molecular weight excluding hydrogens is 168 g/mol. The summed E-state index contributed by atoms with van der Waals surface area (Å²) in [4.78, 5) is 11.0. The van der Waals surface area contributed by atoms with E-state index in [4.69, 9.17) is 10.5 Å². The molecule has 0 aliphatic carbocycles. The summed E-state index contributed by atoms with van der Waals surface area (Å²) in [6.07, 6.45) is 0.406. The zero-order chi connectivity index (χ0) is 9.42. The largest absolute Gasteiger partial charge is 0.495 e. The molecule has 1 aliphatic heterocycles. The van der Waals surface area contributed by atoms with Gasteiger partial charge in [0.25, 0.3) is 0 Å². The number of nitrogen functional groups attached to an aromatic ring is 1. The number of fused-ring (bicyclic) bond motifs is 1. The van der Waals surface area contributed by atoms with E-state index in [1.165, 1.54) is 0 Å². The van der Waals surface area contributed by atoms with Crippen molar-refractivity contribution in [1.29, 1.82) is 0 Å². The van der Waals surface area contributed by atoms with Gasteiger partial charge in [-0.05, 0) is 11.6 Å². The predicted octanol–water partition coefficient (Wildman–Crippen LogP) is 0.772. The van der Waals surface area contributed by atoms with Crippen LogP contribution >= 0.6 is 0 Å². The van der Waals surface area contributed by atoms with Gasteiger partial charge >= 0.3 is 0 Å². The Hall–Kier alpha value is -1.71. The van der Waals surface area contributed by atoms with E-state index in [1.807, 2.05) is 0 Å². The third-order valence-corrected chi connectivity index (χ3v) is 2.08. The van der Waals surface area contributed by atoms with E-state index in [-0.39, 0.29) is 5.91 Å². The van der Waals surface area contributed by atoms with Gasteiger partial charge in [0.15, 0.2) is 0 Å². The van der Waals surface area contributed by atoms with Gasteiger partial charge in [-0.2, -0.15) is 0 Å². The lowest BCUT2D eigenvalue weighted by Gasteiger charge is -2.06. The summed E-state index contributed by atoms with van der Waals surface area (Å²) >= 11 is 0. The minimum atomic E-state index is 0.00246. The summed E-state index contributed by atoms with van der Waals surface area (Å²) in [5.41, 5.74) is 7.99. The van der Waals surface area contributed by atoms with Gasteiger partial charge < -0.3 is 15.8 Å². The van der Waals surface area contributed by atoms with Gasteiger partial charge in [0.05, 0.1) is 19.2 Å². The molecular formula is C9H10N2O2. The molecule has 0 bridgehead atoms. The van der Waals surface area contributed by atoms with Crippen molar-refractivity contribution in [3.8, 4) is 5.75 Å². The maximum Gasteiger partial charge on any atom is 0.228 e. The van der Waals surface area contributed by atoms with Gasteiger partial charge in [0.1, 0.15) is 5.75 Å². The van der Waals surface area contributed by atoms with Crippen LogP contribution in [-0.4, -0.2) is 13.0 Å². The Morgan fingerprint density at radius 2 is 2.31 bits per heavy atom. The lowest BCUT2D eigenvalue weighted by Crippen LogP contribution is -2.03. The molecule has 1 aromatic carbocycles. The zero-order valence-electron chi connectivity index (χ0n) is 7.26. The van der Waals surface area contributed by atoms with Crippen molar-refractivity contribution in [3.05, 3.63) is 17.7 Å². The number of hydrogen-bond donors (Lipinski definition) is 2. The lowest BCUT2D eigenvalue weighted by molar-refractivity contribution is -0.115. The summed E-state index contributed by atoms with van der Waals surface area (Å²) in [5.74, 6) is 0.601. The summed E-state index contributed by atoms with van der Waals surface area (Å²) in [5, 5.41) is 2.72. The number of rotatable bonds is 1. The highest BCUT2D eigenvalue weighted by molar-refractivity contribution is 6.00. The number of ether oxygens (including phenoxy) is 1. The van der Waals surface area contributed by atoms with Crippen molar-refractivity contribution in [2.75, 3.05) is 18.2 Å². The first-order valence-corrected chi connectivity index (χ1v) is 3.97. The van der Waals surface area contributed by atoms with Crippen molar-refractivity contribution in [2.45, 2.75) is 6.42 Å². The van der Waals surface area contributed by atoms with Gasteiger partial charge in [0.2, 0.25) is 5.91 Å². The second kappa shape index (κ2) is 2.65. The molecule has 1 amide bonds. The van der Waals surface area contributed by atoms with Gasteiger partial charge in [-0.25, -0.2) is 0 Å². The molecule has 4 nitrogen and oxygen atoms in total. The Bertz CT molecular complexity index is 374. The smallest absolute Gasteiger partial charge is 0.228 e. The van der Waals surface area contributed by atoms with Crippen molar-refractivity contribution < 1.29 is 9.53 Å². The van der Waals surface area contributed by atoms with Crippen molar-refractivity contribution in [3.63, 3.8) is 0 Å². The molecule has 1 heterocycles. The van der Waals surface area contributed by atoms with Crippen LogP contribution in [0.4, 0.5) is 11.4 Å². The number of anilines is 2. The molecule has 1 aromatic rings. The van der Waals surface area contributed by atoms with E-state index in [1.54, 1.807) is 19.2 Å². The molecule has 3 N–H and O–H groups in total. The molecule has 0 radical (unpaired) electrons. The minimum absolute atomic E-state index is 0.00246. The maximum absolute atomic E-state index is 11.0. The van der Waals surface area contributed by atoms with Crippen LogP contribution in [-0.2, 0) is 11.2 Å². The number of carbonyl (C=O) groups is 1. The topological polar surface area (TPSA) is 64.3 Å². The summed E-state index contributed by atoms with van der Waals surface area (Å²) in [7, 11) is 1.55. The van der Waals surface area contributed by atoms with Crippen LogP contribution < -0.4 is 15.8 Å². The third kappa shape index (κ3) is 1.20. The maximum atomic E-state index is 11.0. The van der Waals surface area contributed by atoms with Crippen molar-refractivity contribution >= 4 is 17.3 Å². The van der Waals surface area contributed by atoms with Crippen LogP contribution in [0.2, 0.25) is 0 Å². The summed E-state index contributed by atoms with van der Waals surface area (Å²) in [6, 6.07) is 3.52. The van der Waals surface area contributed by atoms with Crippen LogP contribution in [0.3, 0.4) is 0 Å². The molecule has 2 rings (SSSR count). The van der Waals surface area contributed by atoms with Crippen molar-refractivity contribution in [2.24, 2.45) is 0 Å². The Balaban J connectivity index is 2.50. The second-order valence-electron chi connectivity index (χ2n) is 2.98. The molecule has 0 fully saturated rings. The Morgan fingerprint density at radius 1 is 1.54 bits per heavy atom. The first-order chi connectivity index (χ1) is 6.20. The van der Waals surface area contributed by atoms with Gasteiger partial charge in [-0.1, -0.05) is 0 Å². The van der Waals surface area contributed by atoms with E-state index < -0.39 is 0 Å². The molecule has 4 heteroatoms. The average Bonchev–Trinajstić information content (AvgIpc) is 2.42. The highest BCUT2D eigenvalue weighted by Crippen LogP contribution is 2.32. The number of amides is 1. The highest BCUT2D eigenvalue weighted by atomic mass is 16.5. The number of nitrogens with two attached hydrogens (primary N) is 1. The SMILES string of the molecule is COc1cc2c(cc1N)CC(=O)N2. The molecule has 0 saturated carbocycles. The molecule has 68 valence electrons. The quantitative estimate of drug-likeness (QED) is 0.624. The molecule has 0 aromatic heterocycles. The highest BCUT2D eigenvalue weighted by Gasteiger charge is 2.19.